The zero-order chi connectivity index (χ0) is 13.5. The molecule has 0 bridgehead atoms. The molecule has 2 N–H and O–H groups in total. The van der Waals surface area contributed by atoms with E-state index in [9.17, 15) is 4.79 Å². The van der Waals surface area contributed by atoms with E-state index in [1.165, 1.54) is 0 Å². The molecule has 0 fully saturated rings. The van der Waals surface area contributed by atoms with Gasteiger partial charge in [-0.3, -0.25) is 4.79 Å². The average molecular weight is 246 g/mol. The van der Waals surface area contributed by atoms with Crippen molar-refractivity contribution in [3.8, 4) is 0 Å². The highest BCUT2D eigenvalue weighted by Gasteiger charge is 2.22. The Bertz CT molecular complexity index is 387. The minimum Gasteiger partial charge on any atom is -0.335 e. The van der Waals surface area contributed by atoms with Crippen molar-refractivity contribution in [1.29, 1.82) is 0 Å². The molecular formula is C15H22N2O. The van der Waals surface area contributed by atoms with Crippen molar-refractivity contribution in [2.24, 2.45) is 5.73 Å². The number of carbonyl (C=O) groups is 1. The van der Waals surface area contributed by atoms with Crippen LogP contribution in [-0.4, -0.2) is 29.4 Å². The lowest BCUT2D eigenvalue weighted by atomic mass is 10.1. The molecule has 18 heavy (non-hydrogen) atoms. The van der Waals surface area contributed by atoms with Crippen molar-refractivity contribution in [3.05, 3.63) is 48.6 Å². The van der Waals surface area contributed by atoms with Crippen LogP contribution in [0.5, 0.6) is 0 Å². The molecule has 0 aromatic heterocycles. The van der Waals surface area contributed by atoms with Gasteiger partial charge in [0.2, 0.25) is 5.91 Å². The van der Waals surface area contributed by atoms with Crippen LogP contribution in [0, 0.1) is 0 Å². The summed E-state index contributed by atoms with van der Waals surface area (Å²) in [4.78, 5) is 14.0. The molecule has 1 rings (SSSR count). The van der Waals surface area contributed by atoms with Crippen molar-refractivity contribution in [2.75, 3.05) is 6.54 Å². The number of hydrogen-bond donors (Lipinski definition) is 1. The van der Waals surface area contributed by atoms with Gasteiger partial charge in [-0.25, -0.2) is 0 Å². The van der Waals surface area contributed by atoms with Gasteiger partial charge in [0, 0.05) is 12.6 Å². The van der Waals surface area contributed by atoms with Gasteiger partial charge in [0.15, 0.2) is 0 Å². The van der Waals surface area contributed by atoms with E-state index in [0.717, 1.165) is 5.56 Å². The minimum atomic E-state index is -0.491. The molecule has 0 aliphatic heterocycles. The maximum absolute atomic E-state index is 12.2. The van der Waals surface area contributed by atoms with Crippen molar-refractivity contribution in [1.82, 2.24) is 4.90 Å². The molecule has 3 heteroatoms. The summed E-state index contributed by atoms with van der Waals surface area (Å²) in [5.74, 6) is -0.0197. The van der Waals surface area contributed by atoms with Gasteiger partial charge in [-0.05, 0) is 25.8 Å². The van der Waals surface area contributed by atoms with E-state index in [0.29, 0.717) is 13.0 Å². The Balaban J connectivity index is 2.67. The predicted molar refractivity (Wildman–Crippen MR) is 75.2 cm³/mol. The zero-order valence-electron chi connectivity index (χ0n) is 11.2. The Labute approximate surface area is 109 Å². The van der Waals surface area contributed by atoms with E-state index in [1.807, 2.05) is 44.2 Å². The van der Waals surface area contributed by atoms with Gasteiger partial charge >= 0.3 is 0 Å². The lowest BCUT2D eigenvalue weighted by molar-refractivity contribution is -0.133. The third kappa shape index (κ3) is 4.00. The van der Waals surface area contributed by atoms with Crippen LogP contribution in [0.15, 0.2) is 43.0 Å². The SMILES string of the molecule is C=CCN(C(=O)[C@@H](N)Cc1ccccc1)C(C)C. The van der Waals surface area contributed by atoms with Crippen LogP contribution in [0.3, 0.4) is 0 Å². The second kappa shape index (κ2) is 6.97. The lowest BCUT2D eigenvalue weighted by Gasteiger charge is -2.28. The summed E-state index contributed by atoms with van der Waals surface area (Å²) in [6.07, 6.45) is 2.30. The van der Waals surface area contributed by atoms with E-state index in [4.69, 9.17) is 5.73 Å². The normalized spacial score (nSPS) is 12.2. The Morgan fingerprint density at radius 1 is 1.39 bits per heavy atom. The Morgan fingerprint density at radius 3 is 2.50 bits per heavy atom. The number of nitrogens with two attached hydrogens (primary N) is 1. The highest BCUT2D eigenvalue weighted by molar-refractivity contribution is 5.82. The number of hydrogen-bond acceptors (Lipinski definition) is 2. The molecular weight excluding hydrogens is 224 g/mol. The van der Waals surface area contributed by atoms with Crippen LogP contribution in [0.4, 0.5) is 0 Å². The van der Waals surface area contributed by atoms with Crippen molar-refractivity contribution in [2.45, 2.75) is 32.4 Å². The largest absolute Gasteiger partial charge is 0.335 e. The number of rotatable bonds is 6. The summed E-state index contributed by atoms with van der Waals surface area (Å²) in [6, 6.07) is 9.48. The van der Waals surface area contributed by atoms with E-state index < -0.39 is 6.04 Å². The molecule has 1 aromatic carbocycles. The van der Waals surface area contributed by atoms with Gasteiger partial charge in [-0.1, -0.05) is 36.4 Å². The first-order valence-electron chi connectivity index (χ1n) is 6.27. The molecule has 0 aliphatic rings. The molecule has 0 unspecified atom stereocenters. The molecule has 0 radical (unpaired) electrons. The van der Waals surface area contributed by atoms with Gasteiger partial charge in [-0.15, -0.1) is 6.58 Å². The summed E-state index contributed by atoms with van der Waals surface area (Å²) in [5, 5.41) is 0. The first kappa shape index (κ1) is 14.5. The smallest absolute Gasteiger partial charge is 0.240 e. The lowest BCUT2D eigenvalue weighted by Crippen LogP contribution is -2.47. The van der Waals surface area contributed by atoms with Gasteiger partial charge in [0.25, 0.3) is 0 Å². The maximum atomic E-state index is 12.2. The molecule has 0 aliphatic carbocycles. The molecule has 1 atom stereocenters. The molecule has 1 aromatic rings. The van der Waals surface area contributed by atoms with Crippen LogP contribution in [0.25, 0.3) is 0 Å². The Hall–Kier alpha value is -1.61. The summed E-state index contributed by atoms with van der Waals surface area (Å²) >= 11 is 0. The Kier molecular flexibility index (Phi) is 5.59. The highest BCUT2D eigenvalue weighted by atomic mass is 16.2. The number of nitrogens with zero attached hydrogens (tertiary/aromatic N) is 1. The monoisotopic (exact) mass is 246 g/mol. The second-order valence-corrected chi connectivity index (χ2v) is 4.67. The highest BCUT2D eigenvalue weighted by Crippen LogP contribution is 2.07. The summed E-state index contributed by atoms with van der Waals surface area (Å²) in [6.45, 7) is 8.18. The van der Waals surface area contributed by atoms with Crippen molar-refractivity contribution >= 4 is 5.91 Å². The maximum Gasteiger partial charge on any atom is 0.240 e. The minimum absolute atomic E-state index is 0.0197. The molecule has 0 heterocycles. The molecule has 0 saturated carbocycles. The fourth-order valence-electron chi connectivity index (χ4n) is 1.86. The van der Waals surface area contributed by atoms with Crippen LogP contribution >= 0.6 is 0 Å². The van der Waals surface area contributed by atoms with Gasteiger partial charge in [0.1, 0.15) is 0 Å². The molecule has 3 nitrogen and oxygen atoms in total. The first-order chi connectivity index (χ1) is 8.56. The van der Waals surface area contributed by atoms with Gasteiger partial charge in [-0.2, -0.15) is 0 Å². The van der Waals surface area contributed by atoms with Crippen LogP contribution in [-0.2, 0) is 11.2 Å². The molecule has 0 saturated heterocycles. The first-order valence-corrected chi connectivity index (χ1v) is 6.27. The van der Waals surface area contributed by atoms with Crippen LogP contribution in [0.2, 0.25) is 0 Å². The second-order valence-electron chi connectivity index (χ2n) is 4.67. The summed E-state index contributed by atoms with van der Waals surface area (Å²) < 4.78 is 0. The zero-order valence-corrected chi connectivity index (χ0v) is 11.2. The number of amides is 1. The predicted octanol–water partition coefficient (Wildman–Crippen LogP) is 1.98. The average Bonchev–Trinajstić information content (AvgIpc) is 2.36. The standard InChI is InChI=1S/C15H22N2O/c1-4-10-17(12(2)3)15(18)14(16)11-13-8-6-5-7-9-13/h4-9,12,14H,1,10-11,16H2,2-3H3/t14-/m0/s1. The number of benzene rings is 1. The van der Waals surface area contributed by atoms with Crippen molar-refractivity contribution < 1.29 is 4.79 Å². The Morgan fingerprint density at radius 2 is 2.00 bits per heavy atom. The quantitative estimate of drug-likeness (QED) is 0.780. The van der Waals surface area contributed by atoms with Crippen LogP contribution in [0.1, 0.15) is 19.4 Å². The number of carbonyl (C=O) groups excluding carboxylic acids is 1. The van der Waals surface area contributed by atoms with E-state index >= 15 is 0 Å². The van der Waals surface area contributed by atoms with Crippen molar-refractivity contribution in [3.63, 3.8) is 0 Å². The molecule has 0 spiro atoms. The van der Waals surface area contributed by atoms with E-state index in [-0.39, 0.29) is 11.9 Å². The topological polar surface area (TPSA) is 46.3 Å². The molecule has 1 amide bonds. The third-order valence-electron chi connectivity index (χ3n) is 2.85. The third-order valence-corrected chi connectivity index (χ3v) is 2.85. The molecule has 98 valence electrons. The fraction of sp³-hybridized carbons (Fsp3) is 0.400. The van der Waals surface area contributed by atoms with E-state index in [2.05, 4.69) is 6.58 Å². The van der Waals surface area contributed by atoms with Gasteiger partial charge < -0.3 is 10.6 Å². The van der Waals surface area contributed by atoms with E-state index in [1.54, 1.807) is 11.0 Å². The van der Waals surface area contributed by atoms with Crippen LogP contribution < -0.4 is 5.73 Å². The summed E-state index contributed by atoms with van der Waals surface area (Å²) in [5.41, 5.74) is 7.08. The van der Waals surface area contributed by atoms with Gasteiger partial charge in [0.05, 0.1) is 6.04 Å². The fourth-order valence-corrected chi connectivity index (χ4v) is 1.86. The summed E-state index contributed by atoms with van der Waals surface area (Å²) in [7, 11) is 0.